The van der Waals surface area contributed by atoms with E-state index in [1.807, 2.05) is 10.00 Å². The summed E-state index contributed by atoms with van der Waals surface area (Å²) in [5, 5.41) is 8.71. The van der Waals surface area contributed by atoms with E-state index in [4.69, 9.17) is 0 Å². The first-order valence-electron chi connectivity index (χ1n) is 5.51. The molecule has 4 nitrogen and oxygen atoms in total. The highest BCUT2D eigenvalue weighted by atomic mass is 19.4. The van der Waals surface area contributed by atoms with Crippen molar-refractivity contribution in [2.75, 3.05) is 26.2 Å². The molecule has 0 unspecified atom stereocenters. The first kappa shape index (κ1) is 11.0. The van der Waals surface area contributed by atoms with Gasteiger partial charge in [0.15, 0.2) is 0 Å². The molecule has 0 amide bonds. The fourth-order valence-electron chi connectivity index (χ4n) is 2.63. The van der Waals surface area contributed by atoms with Gasteiger partial charge < -0.3 is 5.32 Å². The minimum atomic E-state index is -4.34. The number of H-pyrrole nitrogens is 1. The normalized spacial score (nSPS) is 23.5. The Labute approximate surface area is 96.2 Å². The molecule has 1 aromatic heterocycles. The lowest BCUT2D eigenvalue weighted by Crippen LogP contribution is -2.70. The Bertz CT molecular complexity index is 413. The maximum atomic E-state index is 12.6. The molecule has 2 N–H and O–H groups in total. The summed E-state index contributed by atoms with van der Waals surface area (Å²) >= 11 is 0. The number of aromatic amines is 1. The fourth-order valence-corrected chi connectivity index (χ4v) is 2.63. The van der Waals surface area contributed by atoms with Gasteiger partial charge in [0.05, 0.1) is 6.20 Å². The molecule has 2 aliphatic heterocycles. The number of hydrogen-bond donors (Lipinski definition) is 2. The summed E-state index contributed by atoms with van der Waals surface area (Å²) in [7, 11) is 0. The highest BCUT2D eigenvalue weighted by Gasteiger charge is 2.47. The number of likely N-dealkylation sites (tertiary alicyclic amines) is 1. The molecule has 2 aliphatic rings. The monoisotopic (exact) mass is 246 g/mol. The van der Waals surface area contributed by atoms with Gasteiger partial charge in [-0.2, -0.15) is 18.3 Å². The van der Waals surface area contributed by atoms with Crippen molar-refractivity contribution in [1.82, 2.24) is 20.4 Å². The number of halogens is 3. The molecule has 1 spiro atoms. The molecule has 3 rings (SSSR count). The largest absolute Gasteiger partial charge is 0.433 e. The SMILES string of the molecule is FC(F)(F)c1[nH]ncc1CN1CC2(CNC2)C1. The molecule has 17 heavy (non-hydrogen) atoms. The van der Waals surface area contributed by atoms with Gasteiger partial charge in [0.1, 0.15) is 5.69 Å². The number of aromatic nitrogens is 2. The maximum absolute atomic E-state index is 12.6. The van der Waals surface area contributed by atoms with E-state index in [-0.39, 0.29) is 5.56 Å². The van der Waals surface area contributed by atoms with E-state index in [2.05, 4.69) is 10.4 Å². The zero-order valence-electron chi connectivity index (χ0n) is 9.14. The van der Waals surface area contributed by atoms with E-state index in [1.54, 1.807) is 0 Å². The zero-order valence-corrected chi connectivity index (χ0v) is 9.14. The van der Waals surface area contributed by atoms with Gasteiger partial charge >= 0.3 is 6.18 Å². The molecule has 0 aromatic carbocycles. The minimum Gasteiger partial charge on any atom is -0.315 e. The third-order valence-corrected chi connectivity index (χ3v) is 3.51. The molecule has 3 heterocycles. The Morgan fingerprint density at radius 2 is 2.06 bits per heavy atom. The van der Waals surface area contributed by atoms with Crippen molar-refractivity contribution in [3.63, 3.8) is 0 Å². The Morgan fingerprint density at radius 3 is 2.59 bits per heavy atom. The molecular weight excluding hydrogens is 233 g/mol. The first-order chi connectivity index (χ1) is 7.99. The van der Waals surface area contributed by atoms with E-state index in [0.29, 0.717) is 12.0 Å². The van der Waals surface area contributed by atoms with Crippen LogP contribution in [0, 0.1) is 5.41 Å². The highest BCUT2D eigenvalue weighted by Crippen LogP contribution is 2.36. The van der Waals surface area contributed by atoms with Crippen LogP contribution in [0.4, 0.5) is 13.2 Å². The second-order valence-corrected chi connectivity index (χ2v) is 5.02. The quantitative estimate of drug-likeness (QED) is 0.812. The average Bonchev–Trinajstić information content (AvgIpc) is 2.53. The van der Waals surface area contributed by atoms with E-state index < -0.39 is 11.9 Å². The summed E-state index contributed by atoms with van der Waals surface area (Å²) in [6, 6.07) is 0. The predicted molar refractivity (Wildman–Crippen MR) is 54.2 cm³/mol. The number of nitrogens with one attached hydrogen (secondary N) is 2. The Morgan fingerprint density at radius 1 is 1.35 bits per heavy atom. The van der Waals surface area contributed by atoms with Gasteiger partial charge in [-0.25, -0.2) is 0 Å². The van der Waals surface area contributed by atoms with Crippen molar-refractivity contribution < 1.29 is 13.2 Å². The molecule has 0 radical (unpaired) electrons. The van der Waals surface area contributed by atoms with Gasteiger partial charge in [-0.05, 0) is 0 Å². The van der Waals surface area contributed by atoms with Crippen LogP contribution >= 0.6 is 0 Å². The average molecular weight is 246 g/mol. The van der Waals surface area contributed by atoms with Crippen molar-refractivity contribution in [1.29, 1.82) is 0 Å². The molecule has 1 aromatic rings. The second-order valence-electron chi connectivity index (χ2n) is 5.02. The van der Waals surface area contributed by atoms with Crippen LogP contribution in [0.5, 0.6) is 0 Å². The fraction of sp³-hybridized carbons (Fsp3) is 0.700. The number of alkyl halides is 3. The van der Waals surface area contributed by atoms with Gasteiger partial charge in [-0.3, -0.25) is 10.00 Å². The molecule has 2 fully saturated rings. The third kappa shape index (κ3) is 1.83. The lowest BCUT2D eigenvalue weighted by atomic mass is 9.74. The van der Waals surface area contributed by atoms with Crippen molar-refractivity contribution in [3.05, 3.63) is 17.5 Å². The summed E-state index contributed by atoms with van der Waals surface area (Å²) in [6.07, 6.45) is -3.07. The Kier molecular flexibility index (Phi) is 2.24. The predicted octanol–water partition coefficient (Wildman–Crippen LogP) is 0.834. The molecule has 0 atom stereocenters. The minimum absolute atomic E-state index is 0.236. The zero-order chi connectivity index (χ0) is 12.1. The van der Waals surface area contributed by atoms with Crippen molar-refractivity contribution >= 4 is 0 Å². The van der Waals surface area contributed by atoms with Gasteiger partial charge in [-0.15, -0.1) is 0 Å². The summed E-state index contributed by atoms with van der Waals surface area (Å²) in [4.78, 5) is 2.03. The number of nitrogens with zero attached hydrogens (tertiary/aromatic N) is 2. The molecule has 0 bridgehead atoms. The van der Waals surface area contributed by atoms with Gasteiger partial charge in [0.25, 0.3) is 0 Å². The van der Waals surface area contributed by atoms with Crippen LogP contribution in [0.1, 0.15) is 11.3 Å². The van der Waals surface area contributed by atoms with Crippen LogP contribution in [-0.4, -0.2) is 41.3 Å². The van der Waals surface area contributed by atoms with Crippen LogP contribution in [0.3, 0.4) is 0 Å². The Hall–Kier alpha value is -1.08. The van der Waals surface area contributed by atoms with E-state index >= 15 is 0 Å². The topological polar surface area (TPSA) is 44.0 Å². The highest BCUT2D eigenvalue weighted by molar-refractivity contribution is 5.20. The lowest BCUT2D eigenvalue weighted by molar-refractivity contribution is -0.142. The molecule has 7 heteroatoms. The van der Waals surface area contributed by atoms with E-state index in [1.165, 1.54) is 6.20 Å². The molecule has 0 aliphatic carbocycles. The van der Waals surface area contributed by atoms with Crippen LogP contribution in [-0.2, 0) is 12.7 Å². The number of hydrogen-bond acceptors (Lipinski definition) is 3. The van der Waals surface area contributed by atoms with Crippen LogP contribution < -0.4 is 5.32 Å². The van der Waals surface area contributed by atoms with Crippen LogP contribution in [0.25, 0.3) is 0 Å². The third-order valence-electron chi connectivity index (χ3n) is 3.51. The summed E-state index contributed by atoms with van der Waals surface area (Å²) in [5.74, 6) is 0. The first-order valence-corrected chi connectivity index (χ1v) is 5.51. The Balaban J connectivity index is 1.64. The van der Waals surface area contributed by atoms with Crippen molar-refractivity contribution in [2.45, 2.75) is 12.7 Å². The van der Waals surface area contributed by atoms with E-state index in [0.717, 1.165) is 26.2 Å². The van der Waals surface area contributed by atoms with Crippen molar-refractivity contribution in [3.8, 4) is 0 Å². The van der Waals surface area contributed by atoms with Gasteiger partial charge in [-0.1, -0.05) is 0 Å². The summed E-state index contributed by atoms with van der Waals surface area (Å²) in [6.45, 7) is 4.06. The molecule has 0 saturated carbocycles. The van der Waals surface area contributed by atoms with Crippen molar-refractivity contribution in [2.24, 2.45) is 5.41 Å². The van der Waals surface area contributed by atoms with Crippen LogP contribution in [0.2, 0.25) is 0 Å². The second kappa shape index (κ2) is 3.46. The lowest BCUT2D eigenvalue weighted by Gasteiger charge is -2.56. The van der Waals surface area contributed by atoms with Gasteiger partial charge in [0.2, 0.25) is 0 Å². The maximum Gasteiger partial charge on any atom is 0.433 e. The summed E-state index contributed by atoms with van der Waals surface area (Å²) in [5.41, 5.74) is -0.146. The molecule has 94 valence electrons. The standard InChI is InChI=1S/C10H13F3N4/c11-10(12,13)8-7(1-15-16-8)2-17-5-9(6-17)3-14-4-9/h1,14H,2-6H2,(H,15,16). The summed E-state index contributed by atoms with van der Waals surface area (Å²) < 4.78 is 37.8. The molecular formula is C10H13F3N4. The van der Waals surface area contributed by atoms with Gasteiger partial charge in [0, 0.05) is 43.7 Å². The molecule has 2 saturated heterocycles. The number of rotatable bonds is 2. The van der Waals surface area contributed by atoms with E-state index in [9.17, 15) is 13.2 Å². The smallest absolute Gasteiger partial charge is 0.315 e. The van der Waals surface area contributed by atoms with Crippen LogP contribution in [0.15, 0.2) is 6.20 Å².